The number of nitrogens with one attached hydrogen (secondary N) is 4. The van der Waals surface area contributed by atoms with Gasteiger partial charge in [-0.2, -0.15) is 0 Å². The lowest BCUT2D eigenvalue weighted by Gasteiger charge is -2.25. The molecule has 4 unspecified atom stereocenters. The highest BCUT2D eigenvalue weighted by atomic mass is 16.4. The molecule has 0 spiro atoms. The number of H-pyrrole nitrogens is 1. The maximum atomic E-state index is 13.4. The number of aliphatic imine (C=N–C) groups is 1. The molecule has 14 N–H and O–H groups in total. The zero-order valence-electron chi connectivity index (χ0n) is 23.8. The van der Waals surface area contributed by atoms with Crippen LogP contribution < -0.4 is 38.9 Å². The molecule has 3 amide bonds. The van der Waals surface area contributed by atoms with E-state index in [0.29, 0.717) is 19.4 Å². The van der Waals surface area contributed by atoms with Crippen LogP contribution >= 0.6 is 0 Å². The summed E-state index contributed by atoms with van der Waals surface area (Å²) in [6.07, 6.45) is 2.46. The Labute approximate surface area is 248 Å². The van der Waals surface area contributed by atoms with Gasteiger partial charge in [-0.05, 0) is 56.7 Å². The number of aromatic nitrogens is 1. The Bertz CT molecular complexity index is 1290. The zero-order chi connectivity index (χ0) is 31.9. The first kappa shape index (κ1) is 34.5. The third-order valence-corrected chi connectivity index (χ3v) is 6.60. The van der Waals surface area contributed by atoms with Crippen LogP contribution in [0.5, 0.6) is 0 Å². The topological polar surface area (TPSA) is 294 Å². The van der Waals surface area contributed by atoms with Crippen LogP contribution in [-0.2, 0) is 30.4 Å². The second-order valence-corrected chi connectivity index (χ2v) is 10.0. The minimum absolute atomic E-state index is 0.0854. The normalized spacial score (nSPS) is 13.7. The summed E-state index contributed by atoms with van der Waals surface area (Å²) in [6.45, 7) is 0.482. The Morgan fingerprint density at radius 2 is 1.47 bits per heavy atom. The fourth-order valence-electron chi connectivity index (χ4n) is 4.36. The van der Waals surface area contributed by atoms with E-state index in [1.807, 2.05) is 24.3 Å². The van der Waals surface area contributed by atoms with E-state index in [0.717, 1.165) is 16.5 Å². The minimum atomic E-state index is -1.71. The molecule has 0 aliphatic carbocycles. The number of aliphatic carboxylic acids is 2. The molecule has 4 atom stereocenters. The third-order valence-electron chi connectivity index (χ3n) is 6.60. The summed E-state index contributed by atoms with van der Waals surface area (Å²) < 4.78 is 0. The second kappa shape index (κ2) is 17.3. The standard InChI is InChI=1S/C27H41N9O7/c28-10-4-3-8-19(25(41)36-21(26(42)43)13-22(37)38)35-24(40)20(9-5-11-32-27(30)31)34-23(39)17(29)12-15-14-33-18-7-2-1-6-16(15)18/h1-2,6-7,14,17,19-21,33H,3-5,8-13,28-29H2,(H,34,39)(H,35,40)(H,36,41)(H,37,38)(H,42,43)(H4,30,31,32). The second-order valence-electron chi connectivity index (χ2n) is 10.0. The third kappa shape index (κ3) is 11.6. The number of carboxylic acid groups (broad SMARTS) is 2. The van der Waals surface area contributed by atoms with Crippen LogP contribution in [0.4, 0.5) is 0 Å². The molecule has 16 heteroatoms. The Morgan fingerprint density at radius 3 is 2.07 bits per heavy atom. The number of benzene rings is 1. The van der Waals surface area contributed by atoms with E-state index in [4.69, 9.17) is 28.0 Å². The summed E-state index contributed by atoms with van der Waals surface area (Å²) in [4.78, 5) is 69.0. The summed E-state index contributed by atoms with van der Waals surface area (Å²) in [7, 11) is 0. The van der Waals surface area contributed by atoms with Crippen molar-refractivity contribution in [1.29, 1.82) is 0 Å². The molecule has 0 aliphatic rings. The van der Waals surface area contributed by atoms with Gasteiger partial charge in [-0.1, -0.05) is 18.2 Å². The van der Waals surface area contributed by atoms with Crippen LogP contribution in [0, 0.1) is 0 Å². The molecule has 43 heavy (non-hydrogen) atoms. The summed E-state index contributed by atoms with van der Waals surface area (Å²) >= 11 is 0. The van der Waals surface area contributed by atoms with Crippen molar-refractivity contribution < 1.29 is 34.2 Å². The van der Waals surface area contributed by atoms with E-state index in [1.54, 1.807) is 6.20 Å². The van der Waals surface area contributed by atoms with Crippen molar-refractivity contribution in [2.75, 3.05) is 13.1 Å². The molecule has 1 aromatic heterocycles. The van der Waals surface area contributed by atoms with Crippen molar-refractivity contribution in [3.63, 3.8) is 0 Å². The number of amides is 3. The number of para-hydroxylation sites is 1. The van der Waals surface area contributed by atoms with Crippen molar-refractivity contribution in [1.82, 2.24) is 20.9 Å². The maximum Gasteiger partial charge on any atom is 0.326 e. The van der Waals surface area contributed by atoms with Crippen molar-refractivity contribution >= 4 is 46.5 Å². The summed E-state index contributed by atoms with van der Waals surface area (Å²) in [5.74, 6) is -5.34. The van der Waals surface area contributed by atoms with Gasteiger partial charge in [0.2, 0.25) is 17.7 Å². The van der Waals surface area contributed by atoms with Gasteiger partial charge in [0, 0.05) is 23.6 Å². The fraction of sp³-hybridized carbons (Fsp3) is 0.481. The highest BCUT2D eigenvalue weighted by molar-refractivity contribution is 5.95. The summed E-state index contributed by atoms with van der Waals surface area (Å²) in [6, 6.07) is 2.43. The van der Waals surface area contributed by atoms with E-state index < -0.39 is 60.2 Å². The number of hydrogen-bond acceptors (Lipinski definition) is 8. The largest absolute Gasteiger partial charge is 0.481 e. The molecule has 1 heterocycles. The molecule has 0 radical (unpaired) electrons. The van der Waals surface area contributed by atoms with E-state index in [1.165, 1.54) is 0 Å². The van der Waals surface area contributed by atoms with Gasteiger partial charge in [0.25, 0.3) is 0 Å². The van der Waals surface area contributed by atoms with Gasteiger partial charge >= 0.3 is 11.9 Å². The minimum Gasteiger partial charge on any atom is -0.481 e. The Morgan fingerprint density at radius 1 is 0.860 bits per heavy atom. The maximum absolute atomic E-state index is 13.4. The first-order chi connectivity index (χ1) is 20.4. The van der Waals surface area contributed by atoms with E-state index in [-0.39, 0.29) is 38.2 Å². The van der Waals surface area contributed by atoms with E-state index in [9.17, 15) is 29.1 Å². The molecule has 1 aromatic carbocycles. The van der Waals surface area contributed by atoms with Crippen LogP contribution in [0.15, 0.2) is 35.5 Å². The van der Waals surface area contributed by atoms with Gasteiger partial charge in [0.1, 0.15) is 18.1 Å². The number of aromatic amines is 1. The molecule has 16 nitrogen and oxygen atoms in total. The van der Waals surface area contributed by atoms with Crippen LogP contribution in [-0.4, -0.2) is 88.1 Å². The number of unbranched alkanes of at least 4 members (excludes halogenated alkanes) is 1. The summed E-state index contributed by atoms with van der Waals surface area (Å²) in [5, 5.41) is 26.6. The molecule has 2 aromatic rings. The molecule has 0 saturated carbocycles. The first-order valence-electron chi connectivity index (χ1n) is 13.8. The predicted octanol–water partition coefficient (Wildman–Crippen LogP) is -1.77. The van der Waals surface area contributed by atoms with Crippen molar-refractivity contribution in [3.8, 4) is 0 Å². The lowest BCUT2D eigenvalue weighted by atomic mass is 10.0. The first-order valence-corrected chi connectivity index (χ1v) is 13.8. The van der Waals surface area contributed by atoms with Crippen LogP contribution in [0.25, 0.3) is 10.9 Å². The van der Waals surface area contributed by atoms with Gasteiger partial charge in [-0.15, -0.1) is 0 Å². The highest BCUT2D eigenvalue weighted by Gasteiger charge is 2.31. The van der Waals surface area contributed by atoms with Crippen molar-refractivity contribution in [3.05, 3.63) is 36.0 Å². The fourth-order valence-corrected chi connectivity index (χ4v) is 4.36. The predicted molar refractivity (Wildman–Crippen MR) is 158 cm³/mol. The van der Waals surface area contributed by atoms with Crippen molar-refractivity contribution in [2.45, 2.75) is 69.1 Å². The van der Waals surface area contributed by atoms with Crippen LogP contribution in [0.2, 0.25) is 0 Å². The number of carboxylic acids is 2. The average Bonchev–Trinajstić information content (AvgIpc) is 3.35. The van der Waals surface area contributed by atoms with Crippen LogP contribution in [0.3, 0.4) is 0 Å². The number of hydrogen-bond donors (Lipinski definition) is 10. The lowest BCUT2D eigenvalue weighted by molar-refractivity contribution is -0.147. The van der Waals surface area contributed by atoms with Gasteiger partial charge < -0.3 is 54.1 Å². The number of rotatable bonds is 19. The molecule has 0 saturated heterocycles. The SMILES string of the molecule is NCCCCC(NC(=O)C(CCCN=C(N)N)NC(=O)C(N)Cc1c[nH]c2ccccc12)C(=O)NC(CC(=O)O)C(=O)O. The zero-order valence-corrected chi connectivity index (χ0v) is 23.8. The molecule has 0 fully saturated rings. The van der Waals surface area contributed by atoms with Crippen LogP contribution in [0.1, 0.15) is 44.1 Å². The van der Waals surface area contributed by atoms with Gasteiger partial charge in [0.15, 0.2) is 5.96 Å². The Kier molecular flexibility index (Phi) is 13.9. The molecule has 236 valence electrons. The number of nitrogens with zero attached hydrogens (tertiary/aromatic N) is 1. The lowest BCUT2D eigenvalue weighted by Crippen LogP contribution is -2.57. The monoisotopic (exact) mass is 603 g/mol. The molecule has 0 aliphatic heterocycles. The molecular weight excluding hydrogens is 562 g/mol. The number of carbonyl (C=O) groups excluding carboxylic acids is 3. The van der Waals surface area contributed by atoms with Gasteiger partial charge in [-0.25, -0.2) is 4.79 Å². The van der Waals surface area contributed by atoms with Gasteiger partial charge in [-0.3, -0.25) is 24.2 Å². The quantitative estimate of drug-likeness (QED) is 0.0487. The molecule has 0 bridgehead atoms. The number of carbonyl (C=O) groups is 5. The number of nitrogens with two attached hydrogens (primary N) is 4. The number of guanidine groups is 1. The highest BCUT2D eigenvalue weighted by Crippen LogP contribution is 2.19. The smallest absolute Gasteiger partial charge is 0.326 e. The average molecular weight is 604 g/mol. The van der Waals surface area contributed by atoms with E-state index in [2.05, 4.69) is 25.9 Å². The Balaban J connectivity index is 2.19. The number of fused-ring (bicyclic) bond motifs is 1. The molecular formula is C27H41N9O7. The van der Waals surface area contributed by atoms with Crippen molar-refractivity contribution in [2.24, 2.45) is 27.9 Å². The van der Waals surface area contributed by atoms with E-state index >= 15 is 0 Å². The Hall–Kier alpha value is -4.70. The van der Waals surface area contributed by atoms with Gasteiger partial charge in [0.05, 0.1) is 12.5 Å². The summed E-state index contributed by atoms with van der Waals surface area (Å²) in [5.41, 5.74) is 24.2. The molecule has 2 rings (SSSR count).